The third-order valence-corrected chi connectivity index (χ3v) is 5.17. The van der Waals surface area contributed by atoms with Crippen LogP contribution < -0.4 is 5.32 Å². The highest BCUT2D eigenvalue weighted by atomic mass is 79.9. The molecule has 2 rings (SSSR count). The van der Waals surface area contributed by atoms with Crippen molar-refractivity contribution in [3.05, 3.63) is 27.7 Å². The zero-order valence-corrected chi connectivity index (χ0v) is 14.4. The number of hydrogen-bond acceptors (Lipinski definition) is 3. The Morgan fingerprint density at radius 1 is 1.38 bits per heavy atom. The second-order valence-electron chi connectivity index (χ2n) is 5.07. The van der Waals surface area contributed by atoms with Gasteiger partial charge in [-0.2, -0.15) is 0 Å². The molecule has 1 unspecified atom stereocenters. The normalized spacial score (nSPS) is 18.7. The van der Waals surface area contributed by atoms with Crippen LogP contribution in [0.25, 0.3) is 0 Å². The van der Waals surface area contributed by atoms with Gasteiger partial charge in [0.15, 0.2) is 0 Å². The second kappa shape index (κ2) is 6.79. The van der Waals surface area contributed by atoms with Gasteiger partial charge in [0.05, 0.1) is 21.6 Å². The number of halogens is 2. The Hall–Kier alpha value is -1.07. The van der Waals surface area contributed by atoms with Gasteiger partial charge in [0.1, 0.15) is 6.04 Å². The number of anilines is 1. The van der Waals surface area contributed by atoms with Gasteiger partial charge in [-0.05, 0) is 40.9 Å². The highest BCUT2D eigenvalue weighted by Gasteiger charge is 2.41. The first-order valence-electron chi connectivity index (χ1n) is 7.06. The average Bonchev–Trinajstić information content (AvgIpc) is 2.73. The van der Waals surface area contributed by atoms with Gasteiger partial charge in [0, 0.05) is 6.04 Å². The predicted octanol–water partition coefficient (Wildman–Crippen LogP) is 3.83. The maximum absolute atomic E-state index is 12.5. The zero-order chi connectivity index (χ0) is 15.6. The molecule has 0 aliphatic carbocycles. The first kappa shape index (κ1) is 16.3. The van der Waals surface area contributed by atoms with Crippen molar-refractivity contribution in [3.8, 4) is 0 Å². The lowest BCUT2D eigenvalue weighted by Crippen LogP contribution is -2.41. The van der Waals surface area contributed by atoms with Gasteiger partial charge in [-0.1, -0.05) is 31.5 Å². The van der Waals surface area contributed by atoms with Crippen molar-refractivity contribution < 1.29 is 9.59 Å². The maximum Gasteiger partial charge on any atom is 0.252 e. The van der Waals surface area contributed by atoms with Gasteiger partial charge in [-0.25, -0.2) is 0 Å². The number of carbonyl (C=O) groups excluding carboxylic acids is 2. The molecule has 0 radical (unpaired) electrons. The summed E-state index contributed by atoms with van der Waals surface area (Å²) < 4.78 is 0.702. The number of rotatable bonds is 5. The van der Waals surface area contributed by atoms with E-state index in [4.69, 9.17) is 11.6 Å². The molecule has 1 fully saturated rings. The summed E-state index contributed by atoms with van der Waals surface area (Å²) in [5.74, 6) is -0.259. The SMILES string of the molecule is CCC(CC)N1C(=O)CC(Nc2cccc(Cl)c2Br)C1=O. The molecule has 1 aromatic carbocycles. The molecule has 0 spiro atoms. The molecule has 4 nitrogen and oxygen atoms in total. The van der Waals surface area contributed by atoms with Crippen molar-refractivity contribution in [2.24, 2.45) is 0 Å². The van der Waals surface area contributed by atoms with E-state index in [0.29, 0.717) is 9.50 Å². The standard InChI is InChI=1S/C15H18BrClN2O2/c1-3-9(4-2)19-13(20)8-12(15(19)21)18-11-7-5-6-10(17)14(11)16/h5-7,9,12,18H,3-4,8H2,1-2H3. The molecular weight excluding hydrogens is 356 g/mol. The number of nitrogens with one attached hydrogen (secondary N) is 1. The lowest BCUT2D eigenvalue weighted by Gasteiger charge is -2.24. The lowest BCUT2D eigenvalue weighted by atomic mass is 10.1. The summed E-state index contributed by atoms with van der Waals surface area (Å²) >= 11 is 9.43. The quantitative estimate of drug-likeness (QED) is 0.798. The molecule has 6 heteroatoms. The van der Waals surface area contributed by atoms with Crippen LogP contribution in [0.2, 0.25) is 5.02 Å². The van der Waals surface area contributed by atoms with Crippen LogP contribution in [0.15, 0.2) is 22.7 Å². The smallest absolute Gasteiger partial charge is 0.252 e. The number of nitrogens with zero attached hydrogens (tertiary/aromatic N) is 1. The van der Waals surface area contributed by atoms with Gasteiger partial charge >= 0.3 is 0 Å². The molecular formula is C15H18BrClN2O2. The van der Waals surface area contributed by atoms with Crippen LogP contribution in [0, 0.1) is 0 Å². The van der Waals surface area contributed by atoms with E-state index < -0.39 is 6.04 Å². The van der Waals surface area contributed by atoms with Crippen molar-refractivity contribution in [1.82, 2.24) is 4.90 Å². The Bertz CT molecular complexity index is 561. The summed E-state index contributed by atoms with van der Waals surface area (Å²) in [6.45, 7) is 3.98. The molecule has 1 aromatic rings. The topological polar surface area (TPSA) is 49.4 Å². The van der Waals surface area contributed by atoms with Gasteiger partial charge in [0.2, 0.25) is 5.91 Å². The van der Waals surface area contributed by atoms with E-state index in [9.17, 15) is 9.59 Å². The third kappa shape index (κ3) is 3.24. The van der Waals surface area contributed by atoms with Crippen molar-refractivity contribution in [3.63, 3.8) is 0 Å². The Morgan fingerprint density at radius 3 is 2.67 bits per heavy atom. The Balaban J connectivity index is 2.18. The van der Waals surface area contributed by atoms with Gasteiger partial charge in [-0.15, -0.1) is 0 Å². The fourth-order valence-corrected chi connectivity index (χ4v) is 3.16. The van der Waals surface area contributed by atoms with E-state index in [0.717, 1.165) is 18.5 Å². The average molecular weight is 374 g/mol. The number of benzene rings is 1. The molecule has 21 heavy (non-hydrogen) atoms. The number of carbonyl (C=O) groups is 2. The molecule has 0 saturated carbocycles. The van der Waals surface area contributed by atoms with Crippen LogP contribution >= 0.6 is 27.5 Å². The number of amides is 2. The maximum atomic E-state index is 12.5. The summed E-state index contributed by atoms with van der Waals surface area (Å²) in [5, 5.41) is 3.68. The van der Waals surface area contributed by atoms with Crippen LogP contribution in [0.1, 0.15) is 33.1 Å². The number of likely N-dealkylation sites (tertiary alicyclic amines) is 1. The largest absolute Gasteiger partial charge is 0.372 e. The van der Waals surface area contributed by atoms with E-state index in [1.807, 2.05) is 19.9 Å². The molecule has 0 aromatic heterocycles. The molecule has 0 bridgehead atoms. The van der Waals surface area contributed by atoms with Gasteiger partial charge < -0.3 is 5.32 Å². The third-order valence-electron chi connectivity index (χ3n) is 3.77. The Labute approximate surface area is 138 Å². The van der Waals surface area contributed by atoms with E-state index in [2.05, 4.69) is 21.2 Å². The monoisotopic (exact) mass is 372 g/mol. The van der Waals surface area contributed by atoms with Crippen LogP contribution in [-0.4, -0.2) is 28.8 Å². The number of imide groups is 1. The molecule has 1 aliphatic heterocycles. The van der Waals surface area contributed by atoms with E-state index in [1.165, 1.54) is 4.90 Å². The first-order chi connectivity index (χ1) is 9.99. The Morgan fingerprint density at radius 2 is 2.05 bits per heavy atom. The van der Waals surface area contributed by atoms with Crippen molar-refractivity contribution in [2.45, 2.75) is 45.2 Å². The minimum absolute atomic E-state index is 0.0143. The van der Waals surface area contributed by atoms with E-state index in [-0.39, 0.29) is 24.3 Å². The van der Waals surface area contributed by atoms with Crippen LogP contribution in [0.3, 0.4) is 0 Å². The van der Waals surface area contributed by atoms with Crippen molar-refractivity contribution in [2.75, 3.05) is 5.32 Å². The van der Waals surface area contributed by atoms with E-state index >= 15 is 0 Å². The summed E-state index contributed by atoms with van der Waals surface area (Å²) in [6.07, 6.45) is 1.75. The molecule has 1 heterocycles. The minimum atomic E-state index is -0.520. The summed E-state index contributed by atoms with van der Waals surface area (Å²) in [7, 11) is 0. The van der Waals surface area contributed by atoms with Crippen LogP contribution in [0.4, 0.5) is 5.69 Å². The highest BCUT2D eigenvalue weighted by molar-refractivity contribution is 9.10. The molecule has 2 amide bonds. The highest BCUT2D eigenvalue weighted by Crippen LogP contribution is 2.32. The predicted molar refractivity (Wildman–Crippen MR) is 87.4 cm³/mol. The molecule has 1 aliphatic rings. The van der Waals surface area contributed by atoms with Gasteiger partial charge in [0.25, 0.3) is 5.91 Å². The fraction of sp³-hybridized carbons (Fsp3) is 0.467. The zero-order valence-electron chi connectivity index (χ0n) is 12.0. The van der Waals surface area contributed by atoms with E-state index in [1.54, 1.807) is 12.1 Å². The summed E-state index contributed by atoms with van der Waals surface area (Å²) in [6, 6.07) is 4.85. The van der Waals surface area contributed by atoms with Crippen molar-refractivity contribution in [1.29, 1.82) is 0 Å². The molecule has 114 valence electrons. The summed E-state index contributed by atoms with van der Waals surface area (Å²) in [4.78, 5) is 26.0. The molecule has 1 atom stereocenters. The minimum Gasteiger partial charge on any atom is -0.372 e. The van der Waals surface area contributed by atoms with Crippen LogP contribution in [-0.2, 0) is 9.59 Å². The number of hydrogen-bond donors (Lipinski definition) is 1. The first-order valence-corrected chi connectivity index (χ1v) is 8.23. The van der Waals surface area contributed by atoms with Crippen molar-refractivity contribution >= 4 is 45.0 Å². The second-order valence-corrected chi connectivity index (χ2v) is 6.27. The Kier molecular flexibility index (Phi) is 5.27. The molecule has 1 N–H and O–H groups in total. The lowest BCUT2D eigenvalue weighted by molar-refractivity contribution is -0.141. The van der Waals surface area contributed by atoms with Crippen LogP contribution in [0.5, 0.6) is 0 Å². The fourth-order valence-electron chi connectivity index (χ4n) is 2.60. The molecule has 1 saturated heterocycles. The van der Waals surface area contributed by atoms with Gasteiger partial charge in [-0.3, -0.25) is 14.5 Å². The summed E-state index contributed by atoms with van der Waals surface area (Å²) in [5.41, 5.74) is 0.722.